The maximum atomic E-state index is 5.45. The summed E-state index contributed by atoms with van der Waals surface area (Å²) >= 11 is 0. The van der Waals surface area contributed by atoms with Crippen LogP contribution in [0.3, 0.4) is 0 Å². The van der Waals surface area contributed by atoms with Crippen LogP contribution < -0.4 is 0 Å². The van der Waals surface area contributed by atoms with Gasteiger partial charge in [-0.25, -0.2) is 4.98 Å². The summed E-state index contributed by atoms with van der Waals surface area (Å²) in [5.74, 6) is 2.60. The molecule has 0 radical (unpaired) electrons. The van der Waals surface area contributed by atoms with Gasteiger partial charge in [-0.05, 0) is 45.8 Å². The number of imidazole rings is 1. The van der Waals surface area contributed by atoms with Gasteiger partial charge in [-0.3, -0.25) is 0 Å². The third-order valence-corrected chi connectivity index (χ3v) is 4.65. The normalized spacial score (nSPS) is 25.0. The second-order valence-electron chi connectivity index (χ2n) is 6.83. The molecule has 1 unspecified atom stereocenters. The van der Waals surface area contributed by atoms with Crippen molar-refractivity contribution in [3.8, 4) is 0 Å². The molecule has 1 aromatic heterocycles. The monoisotopic (exact) mass is 292 g/mol. The number of aromatic nitrogens is 2. The molecule has 0 amide bonds. The van der Waals surface area contributed by atoms with Crippen molar-refractivity contribution in [1.82, 2.24) is 19.8 Å². The third kappa shape index (κ3) is 4.05. The first-order chi connectivity index (χ1) is 10.2. The largest absolute Gasteiger partial charge is 0.381 e. The van der Waals surface area contributed by atoms with Crippen molar-refractivity contribution >= 4 is 0 Å². The summed E-state index contributed by atoms with van der Waals surface area (Å²) in [5, 5.41) is 0. The lowest BCUT2D eigenvalue weighted by Crippen LogP contribution is -2.30. The smallest absolute Gasteiger partial charge is 0.110 e. The number of nitrogens with zero attached hydrogens (tertiary/aromatic N) is 3. The quantitative estimate of drug-likeness (QED) is 0.897. The molecule has 0 saturated carbocycles. The van der Waals surface area contributed by atoms with Gasteiger partial charge in [-0.15, -0.1) is 0 Å². The minimum Gasteiger partial charge on any atom is -0.381 e. The summed E-state index contributed by atoms with van der Waals surface area (Å²) in [4.78, 5) is 12.9. The lowest BCUT2D eigenvalue weighted by Gasteiger charge is -2.26. The molecular formula is C16H28N4O. The summed E-state index contributed by atoms with van der Waals surface area (Å²) in [6.45, 7) is 6.46. The maximum absolute atomic E-state index is 5.45. The number of nitrogens with one attached hydrogen (secondary N) is 1. The van der Waals surface area contributed by atoms with Crippen LogP contribution in [0.15, 0.2) is 6.20 Å². The fraction of sp³-hybridized carbons (Fsp3) is 0.812. The number of ether oxygens (including phenoxy) is 1. The van der Waals surface area contributed by atoms with Gasteiger partial charge >= 0.3 is 0 Å². The van der Waals surface area contributed by atoms with Gasteiger partial charge in [0.2, 0.25) is 0 Å². The molecule has 0 bridgehead atoms. The molecule has 0 spiro atoms. The lowest BCUT2D eigenvalue weighted by molar-refractivity contribution is 0.0553. The Hall–Kier alpha value is -0.910. The molecule has 2 fully saturated rings. The van der Waals surface area contributed by atoms with Gasteiger partial charge in [0.15, 0.2) is 0 Å². The average molecular weight is 292 g/mol. The summed E-state index contributed by atoms with van der Waals surface area (Å²) in [5.41, 5.74) is 1.22. The van der Waals surface area contributed by atoms with Crippen LogP contribution in [0.5, 0.6) is 0 Å². The van der Waals surface area contributed by atoms with E-state index in [-0.39, 0.29) is 0 Å². The van der Waals surface area contributed by atoms with Crippen LogP contribution in [0, 0.1) is 5.92 Å². The number of hydrogen-bond acceptors (Lipinski definition) is 4. The van der Waals surface area contributed by atoms with E-state index in [1.165, 1.54) is 43.9 Å². The molecule has 0 aliphatic carbocycles. The van der Waals surface area contributed by atoms with E-state index in [0.29, 0.717) is 5.92 Å². The zero-order valence-electron chi connectivity index (χ0n) is 13.3. The summed E-state index contributed by atoms with van der Waals surface area (Å²) < 4.78 is 5.45. The third-order valence-electron chi connectivity index (χ3n) is 4.65. The maximum Gasteiger partial charge on any atom is 0.110 e. The van der Waals surface area contributed by atoms with Gasteiger partial charge in [0, 0.05) is 50.7 Å². The molecule has 1 aromatic rings. The van der Waals surface area contributed by atoms with E-state index in [0.717, 1.165) is 32.2 Å². The first-order valence-electron chi connectivity index (χ1n) is 8.19. The number of likely N-dealkylation sites (tertiary alicyclic amines) is 1. The zero-order valence-corrected chi connectivity index (χ0v) is 13.3. The summed E-state index contributed by atoms with van der Waals surface area (Å²) in [6.07, 6.45) is 5.69. The second kappa shape index (κ2) is 6.90. The van der Waals surface area contributed by atoms with Crippen molar-refractivity contribution in [2.75, 3.05) is 46.9 Å². The van der Waals surface area contributed by atoms with E-state index in [1.807, 2.05) is 6.20 Å². The fourth-order valence-electron chi connectivity index (χ4n) is 3.52. The number of rotatable bonds is 5. The predicted molar refractivity (Wildman–Crippen MR) is 83.3 cm³/mol. The highest BCUT2D eigenvalue weighted by Crippen LogP contribution is 2.27. The molecule has 2 aliphatic heterocycles. The Morgan fingerprint density at radius 3 is 2.90 bits per heavy atom. The van der Waals surface area contributed by atoms with Gasteiger partial charge in [0.05, 0.1) is 0 Å². The molecular weight excluding hydrogens is 264 g/mol. The summed E-state index contributed by atoms with van der Waals surface area (Å²) in [6, 6.07) is 0. The summed E-state index contributed by atoms with van der Waals surface area (Å²) in [7, 11) is 4.18. The van der Waals surface area contributed by atoms with Crippen molar-refractivity contribution in [2.24, 2.45) is 5.92 Å². The molecule has 1 atom stereocenters. The SMILES string of the molecule is CN(C)Cc1cnc(C2CCN(CC3CCOCC3)C2)[nH]1. The number of H-pyrrole nitrogens is 1. The Kier molecular flexibility index (Phi) is 4.93. The van der Waals surface area contributed by atoms with E-state index >= 15 is 0 Å². The zero-order chi connectivity index (χ0) is 14.7. The molecule has 3 heterocycles. The van der Waals surface area contributed by atoms with Crippen LogP contribution in [0.25, 0.3) is 0 Å². The van der Waals surface area contributed by atoms with Gasteiger partial charge < -0.3 is 19.5 Å². The highest BCUT2D eigenvalue weighted by molar-refractivity contribution is 5.08. The number of aromatic amines is 1. The van der Waals surface area contributed by atoms with E-state index in [2.05, 4.69) is 33.9 Å². The first-order valence-corrected chi connectivity index (χ1v) is 8.19. The topological polar surface area (TPSA) is 44.4 Å². The molecule has 2 aliphatic rings. The van der Waals surface area contributed by atoms with Crippen molar-refractivity contribution in [1.29, 1.82) is 0 Å². The fourth-order valence-corrected chi connectivity index (χ4v) is 3.52. The van der Waals surface area contributed by atoms with Gasteiger partial charge in [0.1, 0.15) is 5.82 Å². The van der Waals surface area contributed by atoms with Gasteiger partial charge in [-0.1, -0.05) is 0 Å². The molecule has 1 N–H and O–H groups in total. The highest BCUT2D eigenvalue weighted by Gasteiger charge is 2.28. The van der Waals surface area contributed by atoms with Crippen molar-refractivity contribution in [2.45, 2.75) is 31.7 Å². The van der Waals surface area contributed by atoms with E-state index in [4.69, 9.17) is 4.74 Å². The van der Waals surface area contributed by atoms with Crippen LogP contribution in [-0.4, -0.2) is 66.7 Å². The van der Waals surface area contributed by atoms with Gasteiger partial charge in [-0.2, -0.15) is 0 Å². The second-order valence-corrected chi connectivity index (χ2v) is 6.83. The minimum atomic E-state index is 0.584. The molecule has 0 aromatic carbocycles. The molecule has 3 rings (SSSR count). The Bertz CT molecular complexity index is 439. The van der Waals surface area contributed by atoms with Crippen molar-refractivity contribution in [3.63, 3.8) is 0 Å². The molecule has 5 nitrogen and oxygen atoms in total. The Labute approximate surface area is 127 Å². The van der Waals surface area contributed by atoms with Crippen molar-refractivity contribution in [3.05, 3.63) is 17.7 Å². The van der Waals surface area contributed by atoms with Crippen LogP contribution in [0.4, 0.5) is 0 Å². The predicted octanol–water partition coefficient (Wildman–Crippen LogP) is 1.69. The standard InChI is InChI=1S/C16H28N4O/c1-19(2)12-15-9-17-16(18-15)14-3-6-20(11-14)10-13-4-7-21-8-5-13/h9,13-14H,3-8,10-12H2,1-2H3,(H,17,18). The van der Waals surface area contributed by atoms with Crippen LogP contribution in [-0.2, 0) is 11.3 Å². The lowest BCUT2D eigenvalue weighted by atomic mass is 10.00. The van der Waals surface area contributed by atoms with E-state index in [9.17, 15) is 0 Å². The van der Waals surface area contributed by atoms with Crippen LogP contribution in [0.2, 0.25) is 0 Å². The van der Waals surface area contributed by atoms with Crippen LogP contribution in [0.1, 0.15) is 36.7 Å². The molecule has 5 heteroatoms. The Balaban J connectivity index is 1.50. The molecule has 21 heavy (non-hydrogen) atoms. The minimum absolute atomic E-state index is 0.584. The number of hydrogen-bond donors (Lipinski definition) is 1. The first kappa shape index (κ1) is 15.0. The Morgan fingerprint density at radius 2 is 2.14 bits per heavy atom. The van der Waals surface area contributed by atoms with Crippen molar-refractivity contribution < 1.29 is 4.74 Å². The average Bonchev–Trinajstić information content (AvgIpc) is 3.08. The van der Waals surface area contributed by atoms with E-state index in [1.54, 1.807) is 0 Å². The molecule has 2 saturated heterocycles. The Morgan fingerprint density at radius 1 is 1.33 bits per heavy atom. The molecule has 118 valence electrons. The highest BCUT2D eigenvalue weighted by atomic mass is 16.5. The van der Waals surface area contributed by atoms with E-state index < -0.39 is 0 Å². The van der Waals surface area contributed by atoms with Crippen LogP contribution >= 0.6 is 0 Å². The van der Waals surface area contributed by atoms with Gasteiger partial charge in [0.25, 0.3) is 0 Å².